The van der Waals surface area contributed by atoms with Crippen LogP contribution in [-0.4, -0.2) is 28.9 Å². The van der Waals surface area contributed by atoms with Gasteiger partial charge >= 0.3 is 0 Å². The number of carbonyl (C=O) groups is 1. The third-order valence-corrected chi connectivity index (χ3v) is 3.92. The number of carbonyl (C=O) groups excluding carboxylic acids is 1. The highest BCUT2D eigenvalue weighted by Gasteiger charge is 2.07. The van der Waals surface area contributed by atoms with Gasteiger partial charge < -0.3 is 11.1 Å². The van der Waals surface area contributed by atoms with Crippen LogP contribution < -0.4 is 11.1 Å². The van der Waals surface area contributed by atoms with E-state index < -0.39 is 0 Å². The minimum absolute atomic E-state index is 0.0820. The Hall–Kier alpha value is -1.07. The second kappa shape index (κ2) is 7.38. The predicted octanol–water partition coefficient (Wildman–Crippen LogP) is 2.19. The summed E-state index contributed by atoms with van der Waals surface area (Å²) in [4.78, 5) is 12.2. The highest BCUT2D eigenvalue weighted by atomic mass is 32.2. The maximum Gasteiger partial charge on any atom is 0.251 e. The van der Waals surface area contributed by atoms with Crippen molar-refractivity contribution in [2.45, 2.75) is 18.6 Å². The first kappa shape index (κ1) is 15.0. The summed E-state index contributed by atoms with van der Waals surface area (Å²) in [6.45, 7) is 2.82. The Morgan fingerprint density at radius 1 is 1.50 bits per heavy atom. The maximum absolute atomic E-state index is 11.9. The van der Waals surface area contributed by atoms with Gasteiger partial charge in [0.2, 0.25) is 0 Å². The van der Waals surface area contributed by atoms with Gasteiger partial charge in [-0.25, -0.2) is 0 Å². The van der Waals surface area contributed by atoms with Crippen LogP contribution in [0, 0.1) is 0 Å². The Labute approximate surface area is 118 Å². The Morgan fingerprint density at radius 2 is 2.17 bits per heavy atom. The summed E-state index contributed by atoms with van der Waals surface area (Å²) in [7, 11) is 0. The Balaban J connectivity index is 2.56. The minimum Gasteiger partial charge on any atom is -0.389 e. The van der Waals surface area contributed by atoms with Crippen molar-refractivity contribution in [1.29, 1.82) is 0 Å². The van der Waals surface area contributed by atoms with Gasteiger partial charge in [-0.15, -0.1) is 0 Å². The topological polar surface area (TPSA) is 55.1 Å². The van der Waals surface area contributed by atoms with Crippen LogP contribution in [0.15, 0.2) is 24.3 Å². The predicted molar refractivity (Wildman–Crippen MR) is 82.3 cm³/mol. The fourth-order valence-corrected chi connectivity index (χ4v) is 1.90. The van der Waals surface area contributed by atoms with Crippen LogP contribution in [0.25, 0.3) is 0 Å². The van der Waals surface area contributed by atoms with E-state index >= 15 is 0 Å². The number of nitrogens with one attached hydrogen (secondary N) is 1. The lowest BCUT2D eigenvalue weighted by molar-refractivity contribution is 0.0953. The fraction of sp³-hybridized carbons (Fsp3) is 0.385. The summed E-state index contributed by atoms with van der Waals surface area (Å²) in [5.41, 5.74) is 6.85. The Kier molecular flexibility index (Phi) is 6.15. The molecule has 1 unspecified atom stereocenters. The van der Waals surface area contributed by atoms with Gasteiger partial charge in [-0.05, 0) is 24.8 Å². The number of nitrogens with two attached hydrogens (primary N) is 1. The van der Waals surface area contributed by atoms with Crippen LogP contribution in [0.5, 0.6) is 0 Å². The lowest BCUT2D eigenvalue weighted by Gasteiger charge is -2.09. The van der Waals surface area contributed by atoms with E-state index in [1.54, 1.807) is 36.0 Å². The van der Waals surface area contributed by atoms with Gasteiger partial charge in [-0.1, -0.05) is 31.3 Å². The third kappa shape index (κ3) is 4.66. The number of hydrogen-bond acceptors (Lipinski definition) is 3. The molecule has 0 bridgehead atoms. The van der Waals surface area contributed by atoms with Gasteiger partial charge in [-0.2, -0.15) is 11.8 Å². The van der Waals surface area contributed by atoms with E-state index in [9.17, 15) is 4.79 Å². The first-order valence-electron chi connectivity index (χ1n) is 5.75. The van der Waals surface area contributed by atoms with E-state index in [1.807, 2.05) is 0 Å². The zero-order valence-corrected chi connectivity index (χ0v) is 12.2. The number of rotatable bonds is 6. The van der Waals surface area contributed by atoms with Crippen molar-refractivity contribution in [2.24, 2.45) is 5.73 Å². The molecule has 1 rings (SSSR count). The van der Waals surface area contributed by atoms with Crippen LogP contribution in [0.3, 0.4) is 0 Å². The van der Waals surface area contributed by atoms with Crippen molar-refractivity contribution in [2.75, 3.05) is 12.8 Å². The molecule has 3 nitrogen and oxygen atoms in total. The molecule has 1 aromatic carbocycles. The van der Waals surface area contributed by atoms with Gasteiger partial charge in [0.25, 0.3) is 5.91 Å². The first-order valence-corrected chi connectivity index (χ1v) is 7.45. The third-order valence-electron chi connectivity index (χ3n) is 2.65. The van der Waals surface area contributed by atoms with Crippen LogP contribution >= 0.6 is 24.0 Å². The smallest absolute Gasteiger partial charge is 0.251 e. The second-order valence-corrected chi connectivity index (χ2v) is 5.75. The normalized spacial score (nSPS) is 11.9. The van der Waals surface area contributed by atoms with Crippen molar-refractivity contribution < 1.29 is 4.79 Å². The lowest BCUT2D eigenvalue weighted by atomic mass is 10.1. The molecule has 1 amide bonds. The average Bonchev–Trinajstić information content (AvgIpc) is 2.38. The van der Waals surface area contributed by atoms with Gasteiger partial charge in [0.1, 0.15) is 4.99 Å². The zero-order chi connectivity index (χ0) is 13.5. The zero-order valence-electron chi connectivity index (χ0n) is 10.6. The summed E-state index contributed by atoms with van der Waals surface area (Å²) >= 11 is 6.68. The molecule has 0 aliphatic heterocycles. The van der Waals surface area contributed by atoms with E-state index in [4.69, 9.17) is 18.0 Å². The summed E-state index contributed by atoms with van der Waals surface area (Å²) in [5, 5.41) is 3.44. The summed E-state index contributed by atoms with van der Waals surface area (Å²) in [6, 6.07) is 7.06. The van der Waals surface area contributed by atoms with Crippen LogP contribution in [-0.2, 0) is 0 Å². The molecule has 0 fully saturated rings. The highest BCUT2D eigenvalue weighted by Crippen LogP contribution is 2.09. The summed E-state index contributed by atoms with van der Waals surface area (Å²) < 4.78 is 0. The number of amides is 1. The molecule has 0 heterocycles. The molecule has 0 aliphatic carbocycles. The van der Waals surface area contributed by atoms with E-state index in [-0.39, 0.29) is 5.91 Å². The monoisotopic (exact) mass is 282 g/mol. The molecule has 0 spiro atoms. The van der Waals surface area contributed by atoms with Crippen LogP contribution in [0.1, 0.15) is 29.3 Å². The van der Waals surface area contributed by atoms with Crippen molar-refractivity contribution in [1.82, 2.24) is 5.32 Å². The molecule has 0 aliphatic rings. The maximum atomic E-state index is 11.9. The van der Waals surface area contributed by atoms with E-state index in [0.717, 1.165) is 12.0 Å². The van der Waals surface area contributed by atoms with Crippen molar-refractivity contribution >= 4 is 34.9 Å². The van der Waals surface area contributed by atoms with E-state index in [2.05, 4.69) is 18.5 Å². The molecular formula is C13H18N2OS2. The standard InChI is InChI=1S/C13H18N2OS2/c1-9(18-2)6-7-15-13(16)11-5-3-4-10(8-11)12(14)17/h3-5,8-9H,6-7H2,1-2H3,(H2,14,17)(H,15,16). The van der Waals surface area contributed by atoms with Crippen molar-refractivity contribution in [3.8, 4) is 0 Å². The van der Waals surface area contributed by atoms with Gasteiger partial charge in [0, 0.05) is 22.9 Å². The molecule has 5 heteroatoms. The van der Waals surface area contributed by atoms with E-state index in [0.29, 0.717) is 22.3 Å². The van der Waals surface area contributed by atoms with Gasteiger partial charge in [0.05, 0.1) is 0 Å². The number of benzene rings is 1. The lowest BCUT2D eigenvalue weighted by Crippen LogP contribution is -2.26. The quantitative estimate of drug-likeness (QED) is 0.785. The van der Waals surface area contributed by atoms with E-state index in [1.165, 1.54) is 0 Å². The Morgan fingerprint density at radius 3 is 2.78 bits per heavy atom. The molecular weight excluding hydrogens is 264 g/mol. The van der Waals surface area contributed by atoms with Crippen LogP contribution in [0.4, 0.5) is 0 Å². The minimum atomic E-state index is -0.0820. The highest BCUT2D eigenvalue weighted by molar-refractivity contribution is 7.99. The van der Waals surface area contributed by atoms with Crippen LogP contribution in [0.2, 0.25) is 0 Å². The number of thiocarbonyl (C=S) groups is 1. The summed E-state index contributed by atoms with van der Waals surface area (Å²) in [5.74, 6) is -0.0820. The molecule has 98 valence electrons. The van der Waals surface area contributed by atoms with Crippen molar-refractivity contribution in [3.05, 3.63) is 35.4 Å². The molecule has 0 saturated carbocycles. The molecule has 0 radical (unpaired) electrons. The molecule has 1 atom stereocenters. The average molecular weight is 282 g/mol. The van der Waals surface area contributed by atoms with Gasteiger partial charge in [-0.3, -0.25) is 4.79 Å². The molecule has 18 heavy (non-hydrogen) atoms. The van der Waals surface area contributed by atoms with Gasteiger partial charge in [0.15, 0.2) is 0 Å². The first-order chi connectivity index (χ1) is 8.54. The second-order valence-electron chi connectivity index (χ2n) is 4.04. The number of thioether (sulfide) groups is 1. The fourth-order valence-electron chi connectivity index (χ4n) is 1.42. The molecule has 0 aromatic heterocycles. The Bertz CT molecular complexity index is 435. The molecule has 0 saturated heterocycles. The summed E-state index contributed by atoms with van der Waals surface area (Å²) in [6.07, 6.45) is 3.03. The molecule has 1 aromatic rings. The van der Waals surface area contributed by atoms with Crippen molar-refractivity contribution in [3.63, 3.8) is 0 Å². The molecule has 3 N–H and O–H groups in total. The largest absolute Gasteiger partial charge is 0.389 e. The number of hydrogen-bond donors (Lipinski definition) is 2. The SMILES string of the molecule is CSC(C)CCNC(=O)c1cccc(C(N)=S)c1.